The van der Waals surface area contributed by atoms with Crippen LogP contribution < -0.4 is 10.9 Å². The highest BCUT2D eigenvalue weighted by molar-refractivity contribution is 7.97. The van der Waals surface area contributed by atoms with Crippen LogP contribution in [0, 0.1) is 0 Å². The topological polar surface area (TPSA) is 80.6 Å². The first-order valence-corrected chi connectivity index (χ1v) is 14.0. The largest absolute Gasteiger partial charge is 0.467 e. The van der Waals surface area contributed by atoms with Crippen molar-refractivity contribution in [1.82, 2.24) is 14.2 Å². The van der Waals surface area contributed by atoms with Gasteiger partial charge in [0.2, 0.25) is 0 Å². The molecule has 1 unspecified atom stereocenters. The van der Waals surface area contributed by atoms with Gasteiger partial charge >= 0.3 is 12.1 Å². The number of likely N-dealkylation sites (N-methyl/N-ethyl adjacent to an activating group) is 1. The Kier molecular flexibility index (Phi) is 8.16. The zero-order valence-corrected chi connectivity index (χ0v) is 23.9. The summed E-state index contributed by atoms with van der Waals surface area (Å²) in [5.41, 5.74) is -0.299. The van der Waals surface area contributed by atoms with Crippen LogP contribution >= 0.6 is 11.9 Å². The summed E-state index contributed by atoms with van der Waals surface area (Å²) in [6.07, 6.45) is -4.55. The van der Waals surface area contributed by atoms with Crippen LogP contribution in [0.4, 0.5) is 13.2 Å². The van der Waals surface area contributed by atoms with Gasteiger partial charge in [-0.2, -0.15) is 13.2 Å². The van der Waals surface area contributed by atoms with Crippen molar-refractivity contribution in [2.45, 2.75) is 30.6 Å². The number of fused-ring (bicyclic) bond motifs is 2. The number of halogens is 3. The maximum Gasteiger partial charge on any atom is 0.416 e. The Balaban J connectivity index is 1.92. The fourth-order valence-corrected chi connectivity index (χ4v) is 6.50. The van der Waals surface area contributed by atoms with Crippen LogP contribution in [0.1, 0.15) is 40.0 Å². The van der Waals surface area contributed by atoms with Crippen molar-refractivity contribution < 1.29 is 27.5 Å². The monoisotopic (exact) mass is 595 g/mol. The quantitative estimate of drug-likeness (QED) is 0.228. The van der Waals surface area contributed by atoms with Gasteiger partial charge in [-0.3, -0.25) is 14.2 Å². The highest BCUT2D eigenvalue weighted by Crippen LogP contribution is 2.43. The lowest BCUT2D eigenvalue weighted by molar-refractivity contribution is -0.145. The van der Waals surface area contributed by atoms with E-state index in [4.69, 9.17) is 4.74 Å². The number of aromatic nitrogens is 1. The minimum atomic E-state index is -4.63. The zero-order valence-electron chi connectivity index (χ0n) is 23.1. The SMILES string of the molecule is CCNC(=O)c1c(Cc2cccc3ccccc23)c(-c2cccc(C(F)(F)F)c2)c2n(c1=O)C(C(=O)OC)CN(C)S2. The van der Waals surface area contributed by atoms with E-state index in [1.807, 2.05) is 42.5 Å². The number of benzene rings is 3. The molecule has 1 N–H and O–H groups in total. The van der Waals surface area contributed by atoms with Crippen molar-refractivity contribution in [3.05, 3.63) is 99.3 Å². The first kappa shape index (κ1) is 29.4. The third kappa shape index (κ3) is 5.41. The van der Waals surface area contributed by atoms with Crippen molar-refractivity contribution in [2.24, 2.45) is 0 Å². The van der Waals surface area contributed by atoms with E-state index in [2.05, 4.69) is 5.32 Å². The molecule has 218 valence electrons. The minimum absolute atomic E-state index is 0.0790. The molecular formula is C31H28F3N3O4S. The molecule has 42 heavy (non-hydrogen) atoms. The molecule has 2 heterocycles. The summed E-state index contributed by atoms with van der Waals surface area (Å²) in [6.45, 7) is 2.00. The van der Waals surface area contributed by atoms with Crippen LogP contribution in [-0.2, 0) is 22.1 Å². The van der Waals surface area contributed by atoms with E-state index >= 15 is 0 Å². The molecule has 3 aromatic carbocycles. The molecule has 0 fully saturated rings. The molecule has 1 atom stereocenters. The number of nitrogens with one attached hydrogen (secondary N) is 1. The Hall–Kier alpha value is -4.09. The van der Waals surface area contributed by atoms with Gasteiger partial charge in [-0.05, 0) is 71.9 Å². The molecule has 0 saturated heterocycles. The molecule has 0 bridgehead atoms. The molecule has 0 aliphatic carbocycles. The average Bonchev–Trinajstić information content (AvgIpc) is 2.96. The summed E-state index contributed by atoms with van der Waals surface area (Å²) in [7, 11) is 2.91. The minimum Gasteiger partial charge on any atom is -0.467 e. The Morgan fingerprint density at radius 2 is 1.79 bits per heavy atom. The Bertz CT molecular complexity index is 1750. The van der Waals surface area contributed by atoms with Gasteiger partial charge in [0.05, 0.1) is 12.7 Å². The van der Waals surface area contributed by atoms with Crippen LogP contribution in [0.3, 0.4) is 0 Å². The summed E-state index contributed by atoms with van der Waals surface area (Å²) in [4.78, 5) is 40.8. The maximum atomic E-state index is 14.2. The lowest BCUT2D eigenvalue weighted by Gasteiger charge is -2.34. The number of carbonyl (C=O) groups is 2. The van der Waals surface area contributed by atoms with Gasteiger partial charge in [0.15, 0.2) is 0 Å². The van der Waals surface area contributed by atoms with E-state index in [9.17, 15) is 27.6 Å². The van der Waals surface area contributed by atoms with Crippen molar-refractivity contribution in [3.63, 3.8) is 0 Å². The fourth-order valence-electron chi connectivity index (χ4n) is 5.36. The second-order valence-corrected chi connectivity index (χ2v) is 11.1. The van der Waals surface area contributed by atoms with Gasteiger partial charge in [-0.25, -0.2) is 9.10 Å². The Morgan fingerprint density at radius 1 is 1.07 bits per heavy atom. The van der Waals surface area contributed by atoms with Gasteiger partial charge < -0.3 is 10.1 Å². The summed E-state index contributed by atoms with van der Waals surface area (Å²) in [5, 5.41) is 4.76. The van der Waals surface area contributed by atoms with E-state index in [0.717, 1.165) is 40.4 Å². The van der Waals surface area contributed by atoms with Gasteiger partial charge in [0.25, 0.3) is 11.5 Å². The van der Waals surface area contributed by atoms with Crippen LogP contribution in [0.15, 0.2) is 76.6 Å². The number of rotatable bonds is 6. The molecule has 0 radical (unpaired) electrons. The van der Waals surface area contributed by atoms with Crippen LogP contribution in [0.25, 0.3) is 21.9 Å². The lowest BCUT2D eigenvalue weighted by Crippen LogP contribution is -2.44. The number of hydrogen-bond donors (Lipinski definition) is 1. The molecular weight excluding hydrogens is 567 g/mol. The number of amides is 1. The van der Waals surface area contributed by atoms with E-state index in [1.54, 1.807) is 18.3 Å². The number of pyridine rings is 1. The van der Waals surface area contributed by atoms with Crippen molar-refractivity contribution in [2.75, 3.05) is 27.2 Å². The number of esters is 1. The molecule has 1 aliphatic rings. The number of methoxy groups -OCH3 is 1. The van der Waals surface area contributed by atoms with E-state index in [-0.39, 0.29) is 46.8 Å². The first-order valence-electron chi connectivity index (χ1n) is 13.3. The third-order valence-corrected chi connectivity index (χ3v) is 8.25. The molecule has 7 nitrogen and oxygen atoms in total. The standard InChI is InChI=1S/C31H28F3N3O4S/c1-4-35-27(38)26-23(16-19-11-7-10-18-9-5-6-14-22(18)19)25(20-12-8-13-21(15-20)31(32,33)34)29-37(28(26)39)24(30(40)41-3)17-36(2)42-29/h5-15,24H,4,16-17H2,1-3H3,(H,35,38). The lowest BCUT2D eigenvalue weighted by atomic mass is 9.89. The first-order chi connectivity index (χ1) is 20.0. The number of alkyl halides is 3. The average molecular weight is 596 g/mol. The maximum absolute atomic E-state index is 14.2. The fraction of sp³-hybridized carbons (Fsp3) is 0.258. The zero-order chi connectivity index (χ0) is 30.2. The molecule has 1 aromatic heterocycles. The van der Waals surface area contributed by atoms with Crippen molar-refractivity contribution in [1.29, 1.82) is 0 Å². The second-order valence-electron chi connectivity index (χ2n) is 9.90. The highest BCUT2D eigenvalue weighted by Gasteiger charge is 2.38. The predicted octanol–water partition coefficient (Wildman–Crippen LogP) is 5.69. The van der Waals surface area contributed by atoms with E-state index < -0.39 is 35.2 Å². The van der Waals surface area contributed by atoms with Gasteiger partial charge in [-0.1, -0.05) is 54.6 Å². The number of carbonyl (C=O) groups excluding carboxylic acids is 2. The third-order valence-electron chi connectivity index (χ3n) is 7.22. The molecule has 1 aliphatic heterocycles. The van der Waals surface area contributed by atoms with Gasteiger partial charge in [-0.15, -0.1) is 0 Å². The summed E-state index contributed by atoms with van der Waals surface area (Å²) < 4.78 is 49.6. The van der Waals surface area contributed by atoms with Gasteiger partial charge in [0, 0.05) is 18.7 Å². The molecule has 1 amide bonds. The molecule has 0 spiro atoms. The van der Waals surface area contributed by atoms with Crippen LogP contribution in [0.5, 0.6) is 0 Å². The van der Waals surface area contributed by atoms with E-state index in [1.165, 1.54) is 23.8 Å². The second kappa shape index (κ2) is 11.7. The number of nitrogens with zero attached hydrogens (tertiary/aromatic N) is 2. The summed E-state index contributed by atoms with van der Waals surface area (Å²) in [5.74, 6) is -1.38. The molecule has 11 heteroatoms. The normalized spacial score (nSPS) is 15.3. The van der Waals surface area contributed by atoms with Crippen LogP contribution in [0.2, 0.25) is 0 Å². The molecule has 4 aromatic rings. The van der Waals surface area contributed by atoms with Crippen LogP contribution in [-0.4, -0.2) is 48.0 Å². The van der Waals surface area contributed by atoms with Crippen molar-refractivity contribution in [3.8, 4) is 11.1 Å². The predicted molar refractivity (Wildman–Crippen MR) is 155 cm³/mol. The highest BCUT2D eigenvalue weighted by atomic mass is 32.2. The van der Waals surface area contributed by atoms with Gasteiger partial charge in [0.1, 0.15) is 16.6 Å². The number of ether oxygens (including phenoxy) is 1. The molecule has 5 rings (SSSR count). The molecule has 0 saturated carbocycles. The van der Waals surface area contributed by atoms with E-state index in [0.29, 0.717) is 0 Å². The summed E-state index contributed by atoms with van der Waals surface area (Å²) in [6, 6.07) is 17.0. The number of hydrogen-bond acceptors (Lipinski definition) is 6. The van der Waals surface area contributed by atoms with Crippen molar-refractivity contribution >= 4 is 34.6 Å². The smallest absolute Gasteiger partial charge is 0.416 e. The Labute approximate surface area is 244 Å². The Morgan fingerprint density at radius 3 is 2.50 bits per heavy atom. The summed E-state index contributed by atoms with van der Waals surface area (Å²) >= 11 is 1.13.